The number of nitrogens with one attached hydrogen (secondary N) is 2. The van der Waals surface area contributed by atoms with E-state index in [4.69, 9.17) is 0 Å². The maximum atomic E-state index is 12.2. The third-order valence-electron chi connectivity index (χ3n) is 5.27. The predicted molar refractivity (Wildman–Crippen MR) is 90.0 cm³/mol. The molecule has 1 aromatic rings. The molecule has 1 heterocycles. The zero-order chi connectivity index (χ0) is 15.4. The summed E-state index contributed by atoms with van der Waals surface area (Å²) in [4.78, 5) is 14.5. The van der Waals surface area contributed by atoms with Crippen LogP contribution in [-0.2, 0) is 4.79 Å². The summed E-state index contributed by atoms with van der Waals surface area (Å²) in [5.41, 5.74) is 1.57. The van der Waals surface area contributed by atoms with Crippen molar-refractivity contribution < 1.29 is 4.79 Å². The number of hydrogen-bond acceptors (Lipinski definition) is 3. The Labute approximate surface area is 133 Å². The molecular weight excluding hydrogens is 274 g/mol. The van der Waals surface area contributed by atoms with E-state index in [0.29, 0.717) is 5.41 Å². The van der Waals surface area contributed by atoms with Crippen molar-refractivity contribution in [1.29, 1.82) is 0 Å². The minimum atomic E-state index is 0.279. The Balaban J connectivity index is 1.35. The first-order valence-corrected chi connectivity index (χ1v) is 8.46. The second-order valence-corrected chi connectivity index (χ2v) is 6.77. The number of carbonyl (C=O) groups excluding carboxylic acids is 1. The highest BCUT2D eigenvalue weighted by Crippen LogP contribution is 2.58. The van der Waals surface area contributed by atoms with Crippen LogP contribution < -0.4 is 15.5 Å². The lowest BCUT2D eigenvalue weighted by molar-refractivity contribution is -0.123. The van der Waals surface area contributed by atoms with Gasteiger partial charge in [0.05, 0.1) is 0 Å². The fraction of sp³-hybridized carbons (Fsp3) is 0.611. The van der Waals surface area contributed by atoms with Crippen LogP contribution >= 0.6 is 0 Å². The van der Waals surface area contributed by atoms with Gasteiger partial charge in [0.1, 0.15) is 0 Å². The molecule has 0 radical (unpaired) electrons. The van der Waals surface area contributed by atoms with Gasteiger partial charge in [-0.2, -0.15) is 0 Å². The Bertz CT molecular complexity index is 496. The molecule has 1 atom stereocenters. The summed E-state index contributed by atoms with van der Waals surface area (Å²) in [6, 6.07) is 10.4. The average molecular weight is 301 g/mol. The summed E-state index contributed by atoms with van der Waals surface area (Å²) in [5, 5.41) is 6.52. The summed E-state index contributed by atoms with van der Waals surface area (Å²) in [5.74, 6) is 0.561. The summed E-state index contributed by atoms with van der Waals surface area (Å²) < 4.78 is 0. The van der Waals surface area contributed by atoms with Gasteiger partial charge in [0.2, 0.25) is 5.91 Å². The molecule has 0 aromatic heterocycles. The molecule has 2 fully saturated rings. The van der Waals surface area contributed by atoms with Gasteiger partial charge in [-0.1, -0.05) is 18.2 Å². The number of amides is 1. The number of rotatable bonds is 6. The second kappa shape index (κ2) is 6.69. The monoisotopic (exact) mass is 301 g/mol. The number of hydrogen-bond donors (Lipinski definition) is 2. The normalized spacial score (nSPS) is 22.3. The summed E-state index contributed by atoms with van der Waals surface area (Å²) in [7, 11) is 2.10. The van der Waals surface area contributed by atoms with Gasteiger partial charge in [0.15, 0.2) is 0 Å². The van der Waals surface area contributed by atoms with Crippen molar-refractivity contribution in [3.05, 3.63) is 30.3 Å². The van der Waals surface area contributed by atoms with E-state index in [1.165, 1.54) is 18.5 Å². The molecule has 120 valence electrons. The SMILES string of the molecule is CN(CCCNC(=O)C1CC12CCNCC2)c1ccccc1. The van der Waals surface area contributed by atoms with E-state index in [1.807, 2.05) is 6.07 Å². The first-order valence-electron chi connectivity index (χ1n) is 8.46. The minimum absolute atomic E-state index is 0.279. The maximum Gasteiger partial charge on any atom is 0.223 e. The van der Waals surface area contributed by atoms with Crippen LogP contribution in [0.3, 0.4) is 0 Å². The lowest BCUT2D eigenvalue weighted by Crippen LogP contribution is -2.34. The van der Waals surface area contributed by atoms with Crippen molar-refractivity contribution in [2.75, 3.05) is 38.1 Å². The lowest BCUT2D eigenvalue weighted by Gasteiger charge is -2.23. The summed E-state index contributed by atoms with van der Waals surface area (Å²) in [6.07, 6.45) is 4.42. The molecule has 1 aromatic carbocycles. The van der Waals surface area contributed by atoms with Crippen LogP contribution in [0.5, 0.6) is 0 Å². The molecule has 1 amide bonds. The molecule has 4 heteroatoms. The van der Waals surface area contributed by atoms with Crippen molar-refractivity contribution in [1.82, 2.24) is 10.6 Å². The molecule has 1 unspecified atom stereocenters. The van der Waals surface area contributed by atoms with Gasteiger partial charge in [-0.05, 0) is 56.3 Å². The zero-order valence-electron chi connectivity index (χ0n) is 13.5. The van der Waals surface area contributed by atoms with Crippen LogP contribution in [0, 0.1) is 11.3 Å². The summed E-state index contributed by atoms with van der Waals surface area (Å²) >= 11 is 0. The predicted octanol–water partition coefficient (Wildman–Crippen LogP) is 2.02. The zero-order valence-corrected chi connectivity index (χ0v) is 13.5. The van der Waals surface area contributed by atoms with E-state index < -0.39 is 0 Å². The smallest absolute Gasteiger partial charge is 0.223 e. The Morgan fingerprint density at radius 1 is 1.32 bits per heavy atom. The van der Waals surface area contributed by atoms with E-state index in [1.54, 1.807) is 0 Å². The lowest BCUT2D eigenvalue weighted by atomic mass is 9.92. The van der Waals surface area contributed by atoms with Gasteiger partial charge in [-0.25, -0.2) is 0 Å². The van der Waals surface area contributed by atoms with Gasteiger partial charge < -0.3 is 15.5 Å². The Morgan fingerprint density at radius 3 is 2.77 bits per heavy atom. The van der Waals surface area contributed by atoms with Crippen LogP contribution in [0.15, 0.2) is 30.3 Å². The minimum Gasteiger partial charge on any atom is -0.375 e. The number of piperidine rings is 1. The van der Waals surface area contributed by atoms with E-state index in [0.717, 1.165) is 39.0 Å². The van der Waals surface area contributed by atoms with Gasteiger partial charge in [0.25, 0.3) is 0 Å². The van der Waals surface area contributed by atoms with E-state index in [9.17, 15) is 4.79 Å². The topological polar surface area (TPSA) is 44.4 Å². The highest BCUT2D eigenvalue weighted by Gasteiger charge is 2.57. The van der Waals surface area contributed by atoms with Gasteiger partial charge in [-0.15, -0.1) is 0 Å². The maximum absolute atomic E-state index is 12.2. The average Bonchev–Trinajstić information content (AvgIpc) is 3.26. The van der Waals surface area contributed by atoms with E-state index >= 15 is 0 Å². The van der Waals surface area contributed by atoms with Crippen LogP contribution in [0.2, 0.25) is 0 Å². The molecule has 4 nitrogen and oxygen atoms in total. The number of benzene rings is 1. The highest BCUT2D eigenvalue weighted by molar-refractivity contribution is 5.82. The molecular formula is C18H27N3O. The fourth-order valence-corrected chi connectivity index (χ4v) is 3.66. The number of carbonyl (C=O) groups is 1. The van der Waals surface area contributed by atoms with Gasteiger partial charge in [-0.3, -0.25) is 4.79 Å². The summed E-state index contributed by atoms with van der Waals surface area (Å²) in [6.45, 7) is 3.89. The molecule has 1 saturated heterocycles. The van der Waals surface area contributed by atoms with Crippen molar-refractivity contribution in [3.8, 4) is 0 Å². The van der Waals surface area contributed by atoms with Crippen LogP contribution in [0.25, 0.3) is 0 Å². The Kier molecular flexibility index (Phi) is 4.67. The van der Waals surface area contributed by atoms with Crippen molar-refractivity contribution >= 4 is 11.6 Å². The van der Waals surface area contributed by atoms with Crippen LogP contribution in [0.1, 0.15) is 25.7 Å². The molecule has 0 bridgehead atoms. The second-order valence-electron chi connectivity index (χ2n) is 6.77. The van der Waals surface area contributed by atoms with Crippen LogP contribution in [0.4, 0.5) is 5.69 Å². The van der Waals surface area contributed by atoms with Gasteiger partial charge >= 0.3 is 0 Å². The standard InChI is InChI=1S/C18H27N3O/c1-21(15-6-3-2-4-7-15)13-5-10-20-17(22)16-14-18(16)8-11-19-12-9-18/h2-4,6-7,16,19H,5,8-14H2,1H3,(H,20,22). The first-order chi connectivity index (χ1) is 10.7. The molecule has 22 heavy (non-hydrogen) atoms. The molecule has 3 rings (SSSR count). The Hall–Kier alpha value is -1.55. The third kappa shape index (κ3) is 3.43. The molecule has 1 spiro atoms. The molecule has 1 aliphatic heterocycles. The fourth-order valence-electron chi connectivity index (χ4n) is 3.66. The van der Waals surface area contributed by atoms with Crippen molar-refractivity contribution in [2.45, 2.75) is 25.7 Å². The molecule has 1 aliphatic carbocycles. The number of nitrogens with zero attached hydrogens (tertiary/aromatic N) is 1. The van der Waals surface area contributed by atoms with Crippen molar-refractivity contribution in [3.63, 3.8) is 0 Å². The first kappa shape index (κ1) is 15.3. The van der Waals surface area contributed by atoms with Gasteiger partial charge in [0, 0.05) is 31.7 Å². The molecule has 2 aliphatic rings. The largest absolute Gasteiger partial charge is 0.375 e. The third-order valence-corrected chi connectivity index (χ3v) is 5.27. The van der Waals surface area contributed by atoms with E-state index in [-0.39, 0.29) is 11.8 Å². The Morgan fingerprint density at radius 2 is 2.05 bits per heavy atom. The van der Waals surface area contributed by atoms with E-state index in [2.05, 4.69) is 46.8 Å². The molecule has 2 N–H and O–H groups in total. The number of anilines is 1. The highest BCUT2D eigenvalue weighted by atomic mass is 16.2. The van der Waals surface area contributed by atoms with Crippen LogP contribution in [-0.4, -0.2) is 39.1 Å². The molecule has 1 saturated carbocycles. The van der Waals surface area contributed by atoms with Crippen molar-refractivity contribution in [2.24, 2.45) is 11.3 Å². The number of para-hydroxylation sites is 1. The quantitative estimate of drug-likeness (QED) is 0.790.